The molecule has 0 aliphatic heterocycles. The summed E-state index contributed by atoms with van der Waals surface area (Å²) in [6.45, 7) is 0. The molecule has 0 saturated carbocycles. The van der Waals surface area contributed by atoms with E-state index >= 15 is 0 Å². The van der Waals surface area contributed by atoms with Gasteiger partial charge in [0.25, 0.3) is 0 Å². The van der Waals surface area contributed by atoms with Crippen molar-refractivity contribution in [3.05, 3.63) is 29.3 Å². The molecule has 0 atom stereocenters. The Balaban J connectivity index is 2.12. The molecule has 1 aliphatic carbocycles. The summed E-state index contributed by atoms with van der Waals surface area (Å²) in [6, 6.07) is 5.58. The van der Waals surface area contributed by atoms with Gasteiger partial charge in [0.15, 0.2) is 0 Å². The second-order valence-corrected chi connectivity index (χ2v) is 4.42. The van der Waals surface area contributed by atoms with E-state index in [0.717, 1.165) is 24.8 Å². The lowest BCUT2D eigenvalue weighted by Gasteiger charge is -2.18. The lowest BCUT2D eigenvalue weighted by molar-refractivity contribution is 0.436. The maximum atomic E-state index is 10.3. The Morgan fingerprint density at radius 2 is 2.06 bits per heavy atom. The Morgan fingerprint density at radius 3 is 2.82 bits per heavy atom. The van der Waals surface area contributed by atoms with E-state index in [-0.39, 0.29) is 5.88 Å². The number of nitrogens with two attached hydrogens (primary N) is 1. The van der Waals surface area contributed by atoms with Crippen molar-refractivity contribution in [1.82, 2.24) is 5.16 Å². The number of aromatic hydroxyl groups is 1. The third-order valence-electron chi connectivity index (χ3n) is 3.31. The van der Waals surface area contributed by atoms with Crippen LogP contribution in [0.2, 0.25) is 0 Å². The van der Waals surface area contributed by atoms with E-state index in [1.807, 2.05) is 6.07 Å². The number of benzene rings is 1. The number of anilines is 1. The van der Waals surface area contributed by atoms with Crippen LogP contribution in [0.15, 0.2) is 22.7 Å². The fraction of sp³-hybridized carbons (Fsp3) is 0.308. The first-order valence-electron chi connectivity index (χ1n) is 5.82. The Kier molecular flexibility index (Phi) is 2.28. The van der Waals surface area contributed by atoms with Gasteiger partial charge in [-0.2, -0.15) is 0 Å². The first-order chi connectivity index (χ1) is 8.25. The van der Waals surface area contributed by atoms with E-state index in [4.69, 9.17) is 10.3 Å². The van der Waals surface area contributed by atoms with Crippen LogP contribution in [0.1, 0.15) is 24.0 Å². The topological polar surface area (TPSA) is 72.3 Å². The van der Waals surface area contributed by atoms with Crippen molar-refractivity contribution in [2.45, 2.75) is 25.7 Å². The number of nitrogens with zero attached hydrogens (tertiary/aromatic N) is 1. The van der Waals surface area contributed by atoms with E-state index in [1.165, 1.54) is 12.0 Å². The molecule has 3 N–H and O–H groups in total. The van der Waals surface area contributed by atoms with Gasteiger partial charge in [0.1, 0.15) is 11.4 Å². The monoisotopic (exact) mass is 230 g/mol. The molecule has 1 aromatic heterocycles. The van der Waals surface area contributed by atoms with E-state index < -0.39 is 0 Å². The number of aryl methyl sites for hydroxylation is 1. The summed E-state index contributed by atoms with van der Waals surface area (Å²) in [5, 5.41) is 14.1. The average molecular weight is 230 g/mol. The van der Waals surface area contributed by atoms with Crippen molar-refractivity contribution in [3.8, 4) is 17.0 Å². The van der Waals surface area contributed by atoms with Crippen LogP contribution >= 0.6 is 0 Å². The third-order valence-corrected chi connectivity index (χ3v) is 3.31. The van der Waals surface area contributed by atoms with E-state index in [1.54, 1.807) is 6.07 Å². The van der Waals surface area contributed by atoms with Crippen LogP contribution in [0.25, 0.3) is 11.3 Å². The Bertz CT molecular complexity index is 561. The summed E-state index contributed by atoms with van der Waals surface area (Å²) < 4.78 is 4.83. The molecule has 0 radical (unpaired) electrons. The molecule has 4 nitrogen and oxygen atoms in total. The molecule has 0 fully saturated rings. The van der Waals surface area contributed by atoms with Crippen molar-refractivity contribution in [3.63, 3.8) is 0 Å². The second-order valence-electron chi connectivity index (χ2n) is 4.42. The van der Waals surface area contributed by atoms with Crippen molar-refractivity contribution in [1.29, 1.82) is 0 Å². The highest BCUT2D eigenvalue weighted by molar-refractivity contribution is 5.71. The molecule has 0 spiro atoms. The summed E-state index contributed by atoms with van der Waals surface area (Å²) >= 11 is 0. The molecule has 0 saturated heterocycles. The van der Waals surface area contributed by atoms with Gasteiger partial charge >= 0.3 is 0 Å². The summed E-state index contributed by atoms with van der Waals surface area (Å²) in [6.07, 6.45) is 4.31. The molecular weight excluding hydrogens is 216 g/mol. The van der Waals surface area contributed by atoms with E-state index in [2.05, 4.69) is 11.2 Å². The smallest absolute Gasteiger partial charge is 0.222 e. The van der Waals surface area contributed by atoms with E-state index in [9.17, 15) is 5.11 Å². The molecule has 0 bridgehead atoms. The molecule has 4 heteroatoms. The first-order valence-corrected chi connectivity index (χ1v) is 5.82. The maximum absolute atomic E-state index is 10.3. The van der Waals surface area contributed by atoms with Gasteiger partial charge < -0.3 is 15.4 Å². The highest BCUT2D eigenvalue weighted by atomic mass is 16.5. The van der Waals surface area contributed by atoms with Crippen LogP contribution in [-0.2, 0) is 12.8 Å². The normalized spacial score (nSPS) is 14.6. The number of phenolic OH excluding ortho intramolecular Hbond substituents is 1. The third kappa shape index (κ3) is 1.65. The summed E-state index contributed by atoms with van der Waals surface area (Å²) in [5.41, 5.74) is 9.08. The minimum Gasteiger partial charge on any atom is -0.507 e. The Labute approximate surface area is 99.0 Å². The summed E-state index contributed by atoms with van der Waals surface area (Å²) in [5.74, 6) is 0.590. The standard InChI is InChI=1S/C13H14N2O2/c14-12-7-11(15-17-12)10-6-5-8-3-1-2-4-9(8)13(10)16/h5-7,16H,1-4,14H2. The fourth-order valence-electron chi connectivity index (χ4n) is 2.43. The molecular formula is C13H14N2O2. The first kappa shape index (κ1) is 10.2. The molecule has 88 valence electrons. The van der Waals surface area contributed by atoms with Crippen LogP contribution in [0.4, 0.5) is 5.88 Å². The Morgan fingerprint density at radius 1 is 1.24 bits per heavy atom. The van der Waals surface area contributed by atoms with Gasteiger partial charge in [-0.1, -0.05) is 11.2 Å². The number of fused-ring (bicyclic) bond motifs is 1. The second kappa shape index (κ2) is 3.80. The van der Waals surface area contributed by atoms with Gasteiger partial charge in [-0.15, -0.1) is 0 Å². The number of aromatic nitrogens is 1. The van der Waals surface area contributed by atoms with Crippen LogP contribution < -0.4 is 5.73 Å². The van der Waals surface area contributed by atoms with Crippen LogP contribution in [0, 0.1) is 0 Å². The minimum absolute atomic E-state index is 0.261. The molecule has 3 rings (SSSR count). The number of hydrogen-bond donors (Lipinski definition) is 2. The van der Waals surface area contributed by atoms with Crippen molar-refractivity contribution in [2.24, 2.45) is 0 Å². The molecule has 2 aromatic rings. The maximum Gasteiger partial charge on any atom is 0.222 e. The molecule has 1 heterocycles. The van der Waals surface area contributed by atoms with Crippen LogP contribution in [-0.4, -0.2) is 10.3 Å². The SMILES string of the molecule is Nc1cc(-c2ccc3c(c2O)CCCC3)no1. The van der Waals surface area contributed by atoms with Gasteiger partial charge in [0.05, 0.1) is 0 Å². The molecule has 1 aliphatic rings. The van der Waals surface area contributed by atoms with Crippen molar-refractivity contribution < 1.29 is 9.63 Å². The molecule has 1 aromatic carbocycles. The van der Waals surface area contributed by atoms with Crippen LogP contribution in [0.5, 0.6) is 5.75 Å². The zero-order chi connectivity index (χ0) is 11.8. The highest BCUT2D eigenvalue weighted by Gasteiger charge is 2.18. The van der Waals surface area contributed by atoms with Gasteiger partial charge in [-0.05, 0) is 42.9 Å². The molecule has 0 amide bonds. The Hall–Kier alpha value is -1.97. The highest BCUT2D eigenvalue weighted by Crippen LogP contribution is 2.37. The van der Waals surface area contributed by atoms with Crippen molar-refractivity contribution in [2.75, 3.05) is 5.73 Å². The largest absolute Gasteiger partial charge is 0.507 e. The predicted octanol–water partition coefficient (Wildman–Crippen LogP) is 2.51. The predicted molar refractivity (Wildman–Crippen MR) is 64.7 cm³/mol. The summed E-state index contributed by atoms with van der Waals surface area (Å²) in [4.78, 5) is 0. The number of nitrogen functional groups attached to an aromatic ring is 1. The van der Waals surface area contributed by atoms with E-state index in [0.29, 0.717) is 17.0 Å². The lowest BCUT2D eigenvalue weighted by atomic mass is 9.89. The van der Waals surface area contributed by atoms with Gasteiger partial charge in [-0.3, -0.25) is 0 Å². The number of rotatable bonds is 1. The molecule has 0 unspecified atom stereocenters. The lowest BCUT2D eigenvalue weighted by Crippen LogP contribution is -2.03. The number of hydrogen-bond acceptors (Lipinski definition) is 4. The van der Waals surface area contributed by atoms with Gasteiger partial charge in [-0.25, -0.2) is 0 Å². The minimum atomic E-state index is 0.261. The summed E-state index contributed by atoms with van der Waals surface area (Å²) in [7, 11) is 0. The fourth-order valence-corrected chi connectivity index (χ4v) is 2.43. The van der Waals surface area contributed by atoms with Gasteiger partial charge in [0, 0.05) is 11.6 Å². The zero-order valence-corrected chi connectivity index (χ0v) is 9.44. The van der Waals surface area contributed by atoms with Gasteiger partial charge in [0.2, 0.25) is 5.88 Å². The zero-order valence-electron chi connectivity index (χ0n) is 9.44. The number of phenols is 1. The van der Waals surface area contributed by atoms with Crippen LogP contribution in [0.3, 0.4) is 0 Å². The molecule has 17 heavy (non-hydrogen) atoms. The quantitative estimate of drug-likeness (QED) is 0.789. The van der Waals surface area contributed by atoms with Crippen molar-refractivity contribution >= 4 is 5.88 Å². The average Bonchev–Trinajstić information content (AvgIpc) is 2.77.